The molecular weight excluding hydrogens is 433 g/mol. The zero-order chi connectivity index (χ0) is 24.1. The summed E-state index contributed by atoms with van der Waals surface area (Å²) in [5.74, 6) is 0.124. The molecule has 0 bridgehead atoms. The predicted molar refractivity (Wildman–Crippen MR) is 119 cm³/mol. The molecule has 5 nitrogen and oxygen atoms in total. The van der Waals surface area contributed by atoms with Crippen LogP contribution < -0.4 is 9.64 Å². The average molecular weight is 458 g/mol. The minimum absolute atomic E-state index is 0.406. The van der Waals surface area contributed by atoms with Crippen molar-refractivity contribution < 1.29 is 27.8 Å². The SMILES string of the molecule is CC(C)(Oc1ccc(CCN(Cc2ccc(C(F)(F)F)cc2)c2ccccn2)cc1)C(=O)O. The number of hydrogen-bond acceptors (Lipinski definition) is 4. The first kappa shape index (κ1) is 24.1. The van der Waals surface area contributed by atoms with Crippen molar-refractivity contribution in [3.8, 4) is 5.75 Å². The Labute approximate surface area is 190 Å². The number of anilines is 1. The zero-order valence-electron chi connectivity index (χ0n) is 18.3. The van der Waals surface area contributed by atoms with Gasteiger partial charge in [-0.3, -0.25) is 0 Å². The molecule has 174 valence electrons. The number of hydrogen-bond donors (Lipinski definition) is 1. The smallest absolute Gasteiger partial charge is 0.416 e. The van der Waals surface area contributed by atoms with Gasteiger partial charge in [0.15, 0.2) is 5.60 Å². The number of halogens is 3. The Balaban J connectivity index is 1.69. The third kappa shape index (κ3) is 6.71. The van der Waals surface area contributed by atoms with Crippen LogP contribution in [0.25, 0.3) is 0 Å². The van der Waals surface area contributed by atoms with E-state index in [1.807, 2.05) is 29.2 Å². The third-order valence-electron chi connectivity index (χ3n) is 5.11. The van der Waals surface area contributed by atoms with Gasteiger partial charge in [0.1, 0.15) is 11.6 Å². The van der Waals surface area contributed by atoms with Crippen LogP contribution in [-0.4, -0.2) is 28.2 Å². The first-order chi connectivity index (χ1) is 15.5. The summed E-state index contributed by atoms with van der Waals surface area (Å²) in [4.78, 5) is 17.6. The highest BCUT2D eigenvalue weighted by atomic mass is 19.4. The van der Waals surface area contributed by atoms with Gasteiger partial charge in [-0.25, -0.2) is 9.78 Å². The molecule has 0 aliphatic carbocycles. The topological polar surface area (TPSA) is 62.7 Å². The Hall–Kier alpha value is -3.55. The van der Waals surface area contributed by atoms with E-state index in [0.717, 1.165) is 29.1 Å². The molecule has 0 aliphatic rings. The standard InChI is InChI=1S/C25H25F3N2O3/c1-24(2,23(31)32)33-21-12-8-18(9-13-21)14-16-30(22-5-3-4-15-29-22)17-19-6-10-20(11-7-19)25(26,27)28/h3-13,15H,14,16-17H2,1-2H3,(H,31,32). The van der Waals surface area contributed by atoms with E-state index in [0.29, 0.717) is 25.3 Å². The number of ether oxygens (including phenoxy) is 1. The Morgan fingerprint density at radius 1 is 0.970 bits per heavy atom. The van der Waals surface area contributed by atoms with E-state index < -0.39 is 23.3 Å². The average Bonchev–Trinajstić information content (AvgIpc) is 2.77. The lowest BCUT2D eigenvalue weighted by Crippen LogP contribution is -2.37. The maximum atomic E-state index is 12.9. The molecule has 3 rings (SSSR count). The number of carboxylic acid groups (broad SMARTS) is 1. The fourth-order valence-corrected chi connectivity index (χ4v) is 3.16. The highest BCUT2D eigenvalue weighted by Crippen LogP contribution is 2.29. The molecule has 0 amide bonds. The molecule has 0 spiro atoms. The van der Waals surface area contributed by atoms with Gasteiger partial charge in [-0.2, -0.15) is 13.2 Å². The number of aromatic nitrogens is 1. The maximum Gasteiger partial charge on any atom is 0.416 e. The van der Waals surface area contributed by atoms with Gasteiger partial charge >= 0.3 is 12.1 Å². The predicted octanol–water partition coefficient (Wildman–Crippen LogP) is 5.59. The lowest BCUT2D eigenvalue weighted by Gasteiger charge is -2.24. The second-order valence-corrected chi connectivity index (χ2v) is 8.12. The highest BCUT2D eigenvalue weighted by Gasteiger charge is 2.30. The molecule has 0 radical (unpaired) electrons. The summed E-state index contributed by atoms with van der Waals surface area (Å²) < 4.78 is 44.1. The number of rotatable bonds is 9. The number of alkyl halides is 3. The van der Waals surface area contributed by atoms with Gasteiger partial charge in [0.25, 0.3) is 0 Å². The van der Waals surface area contributed by atoms with E-state index >= 15 is 0 Å². The highest BCUT2D eigenvalue weighted by molar-refractivity contribution is 5.76. The van der Waals surface area contributed by atoms with Crippen LogP contribution in [0.4, 0.5) is 19.0 Å². The van der Waals surface area contributed by atoms with Crippen LogP contribution in [-0.2, 0) is 23.9 Å². The number of pyridine rings is 1. The molecule has 2 aromatic carbocycles. The van der Waals surface area contributed by atoms with Gasteiger partial charge < -0.3 is 14.7 Å². The van der Waals surface area contributed by atoms with Gasteiger partial charge in [0.2, 0.25) is 0 Å². The van der Waals surface area contributed by atoms with Crippen LogP contribution in [0.3, 0.4) is 0 Å². The molecule has 0 fully saturated rings. The lowest BCUT2D eigenvalue weighted by atomic mass is 10.1. The molecule has 0 saturated heterocycles. The van der Waals surface area contributed by atoms with Gasteiger partial charge in [0, 0.05) is 19.3 Å². The van der Waals surface area contributed by atoms with Crippen molar-refractivity contribution in [2.75, 3.05) is 11.4 Å². The Morgan fingerprint density at radius 2 is 1.61 bits per heavy atom. The van der Waals surface area contributed by atoms with Crippen molar-refractivity contribution >= 4 is 11.8 Å². The van der Waals surface area contributed by atoms with E-state index in [9.17, 15) is 23.1 Å². The van der Waals surface area contributed by atoms with Crippen molar-refractivity contribution in [2.24, 2.45) is 0 Å². The summed E-state index contributed by atoms with van der Waals surface area (Å²) >= 11 is 0. The molecule has 0 unspecified atom stereocenters. The zero-order valence-corrected chi connectivity index (χ0v) is 18.3. The monoisotopic (exact) mass is 458 g/mol. The largest absolute Gasteiger partial charge is 0.478 e. The summed E-state index contributed by atoms with van der Waals surface area (Å²) in [7, 11) is 0. The van der Waals surface area contributed by atoms with Crippen LogP contribution in [0.2, 0.25) is 0 Å². The minimum Gasteiger partial charge on any atom is -0.478 e. The third-order valence-corrected chi connectivity index (χ3v) is 5.11. The van der Waals surface area contributed by atoms with Crippen molar-refractivity contribution in [1.29, 1.82) is 0 Å². The van der Waals surface area contributed by atoms with Crippen LogP contribution in [0.5, 0.6) is 5.75 Å². The molecule has 0 atom stereocenters. The molecule has 8 heteroatoms. The normalized spacial score (nSPS) is 11.8. The van der Waals surface area contributed by atoms with Crippen molar-refractivity contribution in [2.45, 2.75) is 38.6 Å². The van der Waals surface area contributed by atoms with E-state index in [1.54, 1.807) is 24.4 Å². The summed E-state index contributed by atoms with van der Waals surface area (Å²) in [6.45, 7) is 3.95. The number of carboxylic acids is 1. The summed E-state index contributed by atoms with van der Waals surface area (Å²) in [5.41, 5.74) is -0.264. The van der Waals surface area contributed by atoms with Gasteiger partial charge in [-0.1, -0.05) is 30.3 Å². The molecule has 1 N–H and O–H groups in total. The molecular formula is C25H25F3N2O3. The summed E-state index contributed by atoms with van der Waals surface area (Å²) in [5, 5.41) is 9.19. The van der Waals surface area contributed by atoms with Gasteiger partial charge in [-0.05, 0) is 67.8 Å². The van der Waals surface area contributed by atoms with Crippen molar-refractivity contribution in [3.63, 3.8) is 0 Å². The number of carbonyl (C=O) groups is 1. The Bertz CT molecular complexity index is 1050. The minimum atomic E-state index is -4.37. The van der Waals surface area contributed by atoms with Crippen molar-refractivity contribution in [1.82, 2.24) is 4.98 Å². The second kappa shape index (κ2) is 9.94. The molecule has 1 heterocycles. The maximum absolute atomic E-state index is 12.9. The van der Waals surface area contributed by atoms with E-state index in [2.05, 4.69) is 4.98 Å². The number of nitrogens with zero attached hydrogens (tertiary/aromatic N) is 2. The van der Waals surface area contributed by atoms with E-state index in [1.165, 1.54) is 26.0 Å². The first-order valence-corrected chi connectivity index (χ1v) is 10.4. The fourth-order valence-electron chi connectivity index (χ4n) is 3.16. The molecule has 33 heavy (non-hydrogen) atoms. The van der Waals surface area contributed by atoms with Crippen molar-refractivity contribution in [3.05, 3.63) is 89.6 Å². The van der Waals surface area contributed by atoms with E-state index in [-0.39, 0.29) is 0 Å². The van der Waals surface area contributed by atoms with Crippen LogP contribution in [0.15, 0.2) is 72.9 Å². The van der Waals surface area contributed by atoms with Gasteiger partial charge in [-0.15, -0.1) is 0 Å². The first-order valence-electron chi connectivity index (χ1n) is 10.4. The fraction of sp³-hybridized carbons (Fsp3) is 0.280. The quantitative estimate of drug-likeness (QED) is 0.453. The van der Waals surface area contributed by atoms with Crippen LogP contribution >= 0.6 is 0 Å². The second-order valence-electron chi connectivity index (χ2n) is 8.12. The summed E-state index contributed by atoms with van der Waals surface area (Å²) in [6.07, 6.45) is -2.04. The van der Waals surface area contributed by atoms with Gasteiger partial charge in [0.05, 0.1) is 5.56 Å². The lowest BCUT2D eigenvalue weighted by molar-refractivity contribution is -0.152. The molecule has 1 aromatic heterocycles. The van der Waals surface area contributed by atoms with E-state index in [4.69, 9.17) is 4.74 Å². The molecule has 3 aromatic rings. The Morgan fingerprint density at radius 3 is 2.15 bits per heavy atom. The van der Waals surface area contributed by atoms with Crippen LogP contribution in [0.1, 0.15) is 30.5 Å². The van der Waals surface area contributed by atoms with Crippen LogP contribution in [0, 0.1) is 0 Å². The summed E-state index contributed by atoms with van der Waals surface area (Å²) in [6, 6.07) is 17.8. The number of aliphatic carboxylic acids is 1. The number of benzene rings is 2. The molecule has 0 saturated carbocycles. The Kier molecular flexibility index (Phi) is 7.26. The molecule has 0 aliphatic heterocycles.